The molecule has 0 saturated carbocycles. The van der Waals surface area contributed by atoms with E-state index in [1.54, 1.807) is 11.3 Å². The lowest BCUT2D eigenvalue weighted by Gasteiger charge is -2.24. The Bertz CT molecular complexity index is 566. The second kappa shape index (κ2) is 7.38. The van der Waals surface area contributed by atoms with Crippen LogP contribution in [0.4, 0.5) is 0 Å². The molecule has 120 valence electrons. The fourth-order valence-corrected chi connectivity index (χ4v) is 3.98. The van der Waals surface area contributed by atoms with E-state index in [1.165, 1.54) is 32.1 Å². The van der Waals surface area contributed by atoms with Gasteiger partial charge in [0.05, 0.1) is 10.9 Å². The molecule has 2 atom stereocenters. The number of aromatic nitrogens is 2. The molecule has 22 heavy (non-hydrogen) atoms. The Morgan fingerprint density at radius 2 is 2.27 bits per heavy atom. The van der Waals surface area contributed by atoms with E-state index in [4.69, 9.17) is 4.42 Å². The van der Waals surface area contributed by atoms with Crippen LogP contribution in [0.5, 0.6) is 0 Å². The lowest BCUT2D eigenvalue weighted by molar-refractivity contribution is 0.188. The third-order valence-corrected chi connectivity index (χ3v) is 5.51. The number of hydrogen-bond acceptors (Lipinski definition) is 5. The molecule has 3 heterocycles. The minimum atomic E-state index is 0.210. The van der Waals surface area contributed by atoms with Crippen molar-refractivity contribution in [2.75, 3.05) is 13.1 Å². The van der Waals surface area contributed by atoms with Gasteiger partial charge in [0.25, 0.3) is 5.89 Å². The predicted molar refractivity (Wildman–Crippen MR) is 89.8 cm³/mol. The molecule has 1 aliphatic rings. The molecule has 2 aromatic rings. The Morgan fingerprint density at radius 1 is 1.36 bits per heavy atom. The van der Waals surface area contributed by atoms with Gasteiger partial charge >= 0.3 is 0 Å². The number of nitrogens with zero attached hydrogens (tertiary/aromatic N) is 3. The second-order valence-corrected chi connectivity index (χ2v) is 7.17. The molecule has 2 aromatic heterocycles. The maximum atomic E-state index is 5.90. The van der Waals surface area contributed by atoms with Gasteiger partial charge in [0.1, 0.15) is 0 Å². The maximum Gasteiger partial charge on any atom is 0.257 e. The molecule has 3 rings (SSSR count). The minimum absolute atomic E-state index is 0.210. The molecule has 1 aliphatic heterocycles. The van der Waals surface area contributed by atoms with Gasteiger partial charge in [-0.25, -0.2) is 0 Å². The van der Waals surface area contributed by atoms with Gasteiger partial charge in [-0.3, -0.25) is 4.90 Å². The van der Waals surface area contributed by atoms with Gasteiger partial charge in [-0.05, 0) is 56.6 Å². The van der Waals surface area contributed by atoms with Crippen molar-refractivity contribution in [1.82, 2.24) is 15.1 Å². The molecule has 0 spiro atoms. The van der Waals surface area contributed by atoms with Crippen molar-refractivity contribution >= 4 is 11.3 Å². The third-order valence-electron chi connectivity index (χ3n) is 4.66. The van der Waals surface area contributed by atoms with E-state index in [0.717, 1.165) is 29.8 Å². The lowest BCUT2D eigenvalue weighted by Crippen LogP contribution is -2.28. The SMILES string of the molecule is CCC[C@@H]1CCCN([C@@H](C)c2nnc(-c3cccs3)o2)CC1. The van der Waals surface area contributed by atoms with Crippen LogP contribution in [0.15, 0.2) is 21.9 Å². The molecule has 0 bridgehead atoms. The molecule has 0 aromatic carbocycles. The van der Waals surface area contributed by atoms with Crippen LogP contribution in [-0.4, -0.2) is 28.2 Å². The first-order valence-corrected chi connectivity index (χ1v) is 9.27. The zero-order chi connectivity index (χ0) is 15.4. The molecule has 0 radical (unpaired) electrons. The molecule has 0 amide bonds. The van der Waals surface area contributed by atoms with Crippen molar-refractivity contribution in [1.29, 1.82) is 0 Å². The third kappa shape index (κ3) is 3.58. The van der Waals surface area contributed by atoms with Crippen LogP contribution in [0.2, 0.25) is 0 Å². The predicted octanol–water partition coefficient (Wildman–Crippen LogP) is 4.76. The summed E-state index contributed by atoms with van der Waals surface area (Å²) in [4.78, 5) is 3.55. The molecule has 1 fully saturated rings. The number of likely N-dealkylation sites (tertiary alicyclic amines) is 1. The highest BCUT2D eigenvalue weighted by atomic mass is 32.1. The average molecular weight is 319 g/mol. The van der Waals surface area contributed by atoms with Crippen LogP contribution in [0.3, 0.4) is 0 Å². The topological polar surface area (TPSA) is 42.2 Å². The fraction of sp³-hybridized carbons (Fsp3) is 0.647. The maximum absolute atomic E-state index is 5.90. The number of rotatable bonds is 5. The fourth-order valence-electron chi connectivity index (χ4n) is 3.33. The van der Waals surface area contributed by atoms with Crippen molar-refractivity contribution < 1.29 is 4.42 Å². The highest BCUT2D eigenvalue weighted by molar-refractivity contribution is 7.13. The Labute approximate surface area is 136 Å². The van der Waals surface area contributed by atoms with Gasteiger partial charge < -0.3 is 4.42 Å². The zero-order valence-corrected chi connectivity index (χ0v) is 14.3. The summed E-state index contributed by atoms with van der Waals surface area (Å²) < 4.78 is 5.90. The number of thiophene rings is 1. The Morgan fingerprint density at radius 3 is 3.05 bits per heavy atom. The Balaban J connectivity index is 1.65. The van der Waals surface area contributed by atoms with Crippen molar-refractivity contribution in [2.45, 2.75) is 52.0 Å². The second-order valence-electron chi connectivity index (χ2n) is 6.22. The Kier molecular flexibility index (Phi) is 5.26. The summed E-state index contributed by atoms with van der Waals surface area (Å²) in [7, 11) is 0. The highest BCUT2D eigenvalue weighted by Gasteiger charge is 2.25. The Hall–Kier alpha value is -1.20. The van der Waals surface area contributed by atoms with E-state index in [2.05, 4.69) is 28.9 Å². The van der Waals surface area contributed by atoms with Gasteiger partial charge in [0.2, 0.25) is 5.89 Å². The first-order chi connectivity index (χ1) is 10.8. The summed E-state index contributed by atoms with van der Waals surface area (Å²) in [5.41, 5.74) is 0. The van der Waals surface area contributed by atoms with Gasteiger partial charge in [0.15, 0.2) is 0 Å². The van der Waals surface area contributed by atoms with Crippen molar-refractivity contribution in [3.05, 3.63) is 23.4 Å². The minimum Gasteiger partial charge on any atom is -0.418 e. The molecule has 0 unspecified atom stereocenters. The molecule has 0 aliphatic carbocycles. The first-order valence-electron chi connectivity index (χ1n) is 8.39. The summed E-state index contributed by atoms with van der Waals surface area (Å²) >= 11 is 1.64. The molecular weight excluding hydrogens is 294 g/mol. The van der Waals surface area contributed by atoms with Gasteiger partial charge in [-0.2, -0.15) is 0 Å². The molecule has 0 N–H and O–H groups in total. The molecule has 1 saturated heterocycles. The van der Waals surface area contributed by atoms with Gasteiger partial charge in [-0.1, -0.05) is 25.8 Å². The smallest absolute Gasteiger partial charge is 0.257 e. The van der Waals surface area contributed by atoms with Crippen molar-refractivity contribution in [3.8, 4) is 10.8 Å². The largest absolute Gasteiger partial charge is 0.418 e. The summed E-state index contributed by atoms with van der Waals surface area (Å²) in [5.74, 6) is 2.29. The molecule has 5 heteroatoms. The standard InChI is InChI=1S/C17H25N3OS/c1-3-6-14-7-4-10-20(11-9-14)13(2)16-18-19-17(21-16)15-8-5-12-22-15/h5,8,12-14H,3-4,6-7,9-11H2,1-2H3/t13-,14+/m0/s1. The monoisotopic (exact) mass is 319 g/mol. The summed E-state index contributed by atoms with van der Waals surface area (Å²) in [6.45, 7) is 6.75. The van der Waals surface area contributed by atoms with Crippen LogP contribution in [0.25, 0.3) is 10.8 Å². The number of hydrogen-bond donors (Lipinski definition) is 0. The lowest BCUT2D eigenvalue weighted by atomic mass is 9.96. The van der Waals surface area contributed by atoms with E-state index >= 15 is 0 Å². The highest BCUT2D eigenvalue weighted by Crippen LogP contribution is 2.29. The van der Waals surface area contributed by atoms with E-state index in [1.807, 2.05) is 17.5 Å². The van der Waals surface area contributed by atoms with Crippen LogP contribution < -0.4 is 0 Å². The van der Waals surface area contributed by atoms with E-state index in [-0.39, 0.29) is 6.04 Å². The van der Waals surface area contributed by atoms with E-state index in [0.29, 0.717) is 5.89 Å². The van der Waals surface area contributed by atoms with Crippen LogP contribution >= 0.6 is 11.3 Å². The van der Waals surface area contributed by atoms with Gasteiger partial charge in [-0.15, -0.1) is 21.5 Å². The summed E-state index contributed by atoms with van der Waals surface area (Å²) in [6.07, 6.45) is 6.60. The van der Waals surface area contributed by atoms with Crippen LogP contribution in [0.1, 0.15) is 57.9 Å². The zero-order valence-electron chi connectivity index (χ0n) is 13.5. The van der Waals surface area contributed by atoms with Crippen molar-refractivity contribution in [3.63, 3.8) is 0 Å². The average Bonchev–Trinajstić information content (AvgIpc) is 3.16. The van der Waals surface area contributed by atoms with E-state index < -0.39 is 0 Å². The van der Waals surface area contributed by atoms with E-state index in [9.17, 15) is 0 Å². The van der Waals surface area contributed by atoms with Crippen molar-refractivity contribution in [2.24, 2.45) is 5.92 Å². The molecule has 4 nitrogen and oxygen atoms in total. The quantitative estimate of drug-likeness (QED) is 0.796. The summed E-state index contributed by atoms with van der Waals surface area (Å²) in [6, 6.07) is 4.24. The first kappa shape index (κ1) is 15.7. The van der Waals surface area contributed by atoms with Crippen LogP contribution in [0, 0.1) is 5.92 Å². The normalized spacial score (nSPS) is 21.6. The molecular formula is C17H25N3OS. The summed E-state index contributed by atoms with van der Waals surface area (Å²) in [5, 5.41) is 10.5. The van der Waals surface area contributed by atoms with Gasteiger partial charge in [0, 0.05) is 0 Å². The van der Waals surface area contributed by atoms with Crippen LogP contribution in [-0.2, 0) is 0 Å².